The average molecular weight is 805 g/mol. The number of hydrogen-bond acceptors (Lipinski definition) is 9. The third kappa shape index (κ3) is 10.9. The number of carbonyl (C=O) groups is 3. The molecule has 5 rings (SSSR count). The first kappa shape index (κ1) is 40.0. The molecule has 55 heavy (non-hydrogen) atoms. The minimum Gasteiger partial charge on any atom is -0.307 e. The molecule has 0 aliphatic rings. The second kappa shape index (κ2) is 16.4. The van der Waals surface area contributed by atoms with Crippen molar-refractivity contribution in [2.45, 2.75) is 41.9 Å². The van der Waals surface area contributed by atoms with Crippen molar-refractivity contribution < 1.29 is 39.6 Å². The summed E-state index contributed by atoms with van der Waals surface area (Å²) in [6.07, 6.45) is 0.142. The van der Waals surface area contributed by atoms with Gasteiger partial charge in [-0.1, -0.05) is 71.3 Å². The van der Waals surface area contributed by atoms with Crippen LogP contribution in [0.1, 0.15) is 27.8 Å². The second-order valence-corrected chi connectivity index (χ2v) is 17.4. The molecule has 0 radical (unpaired) electrons. The fourth-order valence-electron chi connectivity index (χ4n) is 5.01. The number of urea groups is 3. The maximum absolute atomic E-state index is 13.1. The van der Waals surface area contributed by atoms with Gasteiger partial charge in [-0.05, 0) is 99.0 Å². The Labute approximate surface area is 318 Å². The number of nitrogens with one attached hydrogen (secondary N) is 6. The molecular formula is C37H36N6O9S3. The van der Waals surface area contributed by atoms with Crippen LogP contribution in [0.3, 0.4) is 0 Å². The summed E-state index contributed by atoms with van der Waals surface area (Å²) in [4.78, 5) is 38.0. The van der Waals surface area contributed by atoms with E-state index in [1.54, 1.807) is 69.3 Å². The topological polar surface area (TPSA) is 226 Å². The molecule has 0 heterocycles. The zero-order chi connectivity index (χ0) is 40.0. The minimum atomic E-state index is -4.28. The highest BCUT2D eigenvalue weighted by molar-refractivity contribution is 7.90. The van der Waals surface area contributed by atoms with Crippen LogP contribution in [0.5, 0.6) is 0 Å². The Bertz CT molecular complexity index is 2560. The summed E-state index contributed by atoms with van der Waals surface area (Å²) in [7, 11) is -12.6. The molecule has 0 saturated carbocycles. The molecule has 0 saturated heterocycles. The molecule has 5 aromatic rings. The fourth-order valence-corrected chi connectivity index (χ4v) is 7.73. The summed E-state index contributed by atoms with van der Waals surface area (Å²) in [5, 5.41) is 7.37. The van der Waals surface area contributed by atoms with Gasteiger partial charge >= 0.3 is 18.1 Å². The van der Waals surface area contributed by atoms with Crippen molar-refractivity contribution in [3.63, 3.8) is 0 Å². The van der Waals surface area contributed by atoms with E-state index in [-0.39, 0.29) is 38.2 Å². The highest BCUT2D eigenvalue weighted by atomic mass is 32.2. The summed E-state index contributed by atoms with van der Waals surface area (Å²) in [6.45, 7) is 5.35. The van der Waals surface area contributed by atoms with Gasteiger partial charge < -0.3 is 16.0 Å². The van der Waals surface area contributed by atoms with E-state index in [9.17, 15) is 39.6 Å². The van der Waals surface area contributed by atoms with Crippen molar-refractivity contribution in [2.75, 3.05) is 16.0 Å². The molecule has 0 spiro atoms. The van der Waals surface area contributed by atoms with Gasteiger partial charge in [-0.15, -0.1) is 0 Å². The predicted molar refractivity (Wildman–Crippen MR) is 207 cm³/mol. The summed E-state index contributed by atoms with van der Waals surface area (Å²) < 4.78 is 82.3. The van der Waals surface area contributed by atoms with Gasteiger partial charge in [-0.3, -0.25) is 0 Å². The molecule has 0 aromatic heterocycles. The van der Waals surface area contributed by atoms with Crippen molar-refractivity contribution in [3.8, 4) is 0 Å². The molecule has 286 valence electrons. The van der Waals surface area contributed by atoms with Crippen LogP contribution >= 0.6 is 0 Å². The first-order chi connectivity index (χ1) is 25.9. The largest absolute Gasteiger partial charge is 0.333 e. The molecule has 6 N–H and O–H groups in total. The van der Waals surface area contributed by atoms with Gasteiger partial charge in [0.15, 0.2) is 0 Å². The van der Waals surface area contributed by atoms with Crippen LogP contribution in [0.2, 0.25) is 0 Å². The summed E-state index contributed by atoms with van der Waals surface area (Å²) in [5.41, 5.74) is 3.98. The van der Waals surface area contributed by atoms with Gasteiger partial charge in [0.05, 0.1) is 14.7 Å². The molecule has 0 aliphatic heterocycles. The second-order valence-electron chi connectivity index (χ2n) is 12.4. The lowest BCUT2D eigenvalue weighted by atomic mass is 10.0. The van der Waals surface area contributed by atoms with Crippen molar-refractivity contribution >= 4 is 65.2 Å². The van der Waals surface area contributed by atoms with E-state index in [2.05, 4.69) is 16.0 Å². The zero-order valence-electron chi connectivity index (χ0n) is 29.6. The standard InChI is InChI=1S/C37H36N6O9S3/c1-24-4-16-31(17-5-24)53(47,48)41-35(44)38-29-13-10-27(11-14-29)22-28-12-15-30(39-36(45)42-54(49,50)32-18-6-25(2)7-19-32)23-34(28)40-37(46)43-55(51,52)33-20-8-26(3)9-21-33/h4-21,23H,22H2,1-3H3,(H2,38,41,44)(H2,39,42,45)(H2,40,43,46). The van der Waals surface area contributed by atoms with E-state index < -0.39 is 48.2 Å². The van der Waals surface area contributed by atoms with E-state index in [4.69, 9.17) is 0 Å². The molecule has 18 heteroatoms. The van der Waals surface area contributed by atoms with Crippen molar-refractivity contribution in [1.82, 2.24) is 14.2 Å². The lowest BCUT2D eigenvalue weighted by Crippen LogP contribution is -2.35. The number of rotatable bonds is 11. The van der Waals surface area contributed by atoms with Crippen LogP contribution in [-0.4, -0.2) is 43.3 Å². The Morgan fingerprint density at radius 1 is 0.436 bits per heavy atom. The monoisotopic (exact) mass is 804 g/mol. The van der Waals surface area contributed by atoms with E-state index >= 15 is 0 Å². The summed E-state index contributed by atoms with van der Waals surface area (Å²) >= 11 is 0. The third-order valence-electron chi connectivity index (χ3n) is 7.90. The summed E-state index contributed by atoms with van der Waals surface area (Å²) in [5.74, 6) is 0. The van der Waals surface area contributed by atoms with E-state index in [0.29, 0.717) is 11.1 Å². The first-order valence-electron chi connectivity index (χ1n) is 16.3. The Kier molecular flexibility index (Phi) is 11.9. The fraction of sp³-hybridized carbons (Fsp3) is 0.108. The molecule has 5 aromatic carbocycles. The molecule has 0 unspecified atom stereocenters. The van der Waals surface area contributed by atoms with Crippen LogP contribution in [0.4, 0.5) is 31.4 Å². The first-order valence-corrected chi connectivity index (χ1v) is 20.8. The average Bonchev–Trinajstić information content (AvgIpc) is 3.10. The number of sulfonamides is 3. The van der Waals surface area contributed by atoms with Crippen LogP contribution < -0.4 is 30.1 Å². The minimum absolute atomic E-state index is 0.0585. The van der Waals surface area contributed by atoms with Crippen LogP contribution in [0.25, 0.3) is 0 Å². The number of anilines is 3. The molecule has 6 amide bonds. The quantitative estimate of drug-likeness (QED) is 0.0957. The maximum atomic E-state index is 13.1. The highest BCUT2D eigenvalue weighted by Crippen LogP contribution is 2.25. The molecule has 15 nitrogen and oxygen atoms in total. The molecule has 0 atom stereocenters. The van der Waals surface area contributed by atoms with Gasteiger partial charge in [0.1, 0.15) is 0 Å². The SMILES string of the molecule is Cc1ccc(S(=O)(=O)NC(=O)Nc2ccc(Cc3ccc(NC(=O)NS(=O)(=O)c4ccc(C)cc4)cc3NC(=O)NS(=O)(=O)c3ccc(C)cc3)cc2)cc1. The molecule has 0 aliphatic carbocycles. The van der Waals surface area contributed by atoms with Gasteiger partial charge in [0.25, 0.3) is 30.1 Å². The molecular weight excluding hydrogens is 769 g/mol. The Hall–Kier alpha value is -6.24. The van der Waals surface area contributed by atoms with Crippen LogP contribution in [0.15, 0.2) is 130 Å². The number of aryl methyl sites for hydroxylation is 3. The van der Waals surface area contributed by atoms with Crippen LogP contribution in [-0.2, 0) is 36.5 Å². The van der Waals surface area contributed by atoms with Gasteiger partial charge in [-0.2, -0.15) is 0 Å². The van der Waals surface area contributed by atoms with Gasteiger partial charge in [0.2, 0.25) is 0 Å². The maximum Gasteiger partial charge on any atom is 0.333 e. The van der Waals surface area contributed by atoms with Gasteiger partial charge in [0, 0.05) is 17.1 Å². The highest BCUT2D eigenvalue weighted by Gasteiger charge is 2.21. The van der Waals surface area contributed by atoms with Crippen LogP contribution in [0, 0.1) is 20.8 Å². The van der Waals surface area contributed by atoms with Crippen molar-refractivity contribution in [1.29, 1.82) is 0 Å². The number of benzene rings is 5. The Morgan fingerprint density at radius 2 is 0.782 bits per heavy atom. The lowest BCUT2D eigenvalue weighted by molar-refractivity contribution is 0.255. The summed E-state index contributed by atoms with van der Waals surface area (Å²) in [6, 6.07) is 25.1. The number of carbonyl (C=O) groups excluding carboxylic acids is 3. The van der Waals surface area contributed by atoms with E-state index in [1.807, 2.05) is 14.2 Å². The zero-order valence-corrected chi connectivity index (χ0v) is 32.0. The Balaban J connectivity index is 1.32. The smallest absolute Gasteiger partial charge is 0.307 e. The predicted octanol–water partition coefficient (Wildman–Crippen LogP) is 5.73. The number of amides is 6. The van der Waals surface area contributed by atoms with E-state index in [1.165, 1.54) is 66.7 Å². The molecule has 0 fully saturated rings. The third-order valence-corrected chi connectivity index (χ3v) is 11.9. The van der Waals surface area contributed by atoms with Crippen molar-refractivity contribution in [3.05, 3.63) is 143 Å². The van der Waals surface area contributed by atoms with Gasteiger partial charge in [-0.25, -0.2) is 53.8 Å². The van der Waals surface area contributed by atoms with E-state index in [0.717, 1.165) is 16.7 Å². The Morgan fingerprint density at radius 3 is 1.18 bits per heavy atom. The lowest BCUT2D eigenvalue weighted by Gasteiger charge is -2.15. The molecule has 0 bridgehead atoms. The number of hydrogen-bond donors (Lipinski definition) is 6. The normalized spacial score (nSPS) is 11.5. The van der Waals surface area contributed by atoms with Crippen molar-refractivity contribution in [2.24, 2.45) is 0 Å².